The van der Waals surface area contributed by atoms with Crippen molar-refractivity contribution in [2.75, 3.05) is 47.5 Å². The van der Waals surface area contributed by atoms with Crippen molar-refractivity contribution in [2.24, 2.45) is 0 Å². The van der Waals surface area contributed by atoms with Crippen molar-refractivity contribution in [3.63, 3.8) is 0 Å². The van der Waals surface area contributed by atoms with Gasteiger partial charge in [-0.3, -0.25) is 18.6 Å². The van der Waals surface area contributed by atoms with E-state index >= 15 is 0 Å². The van der Waals surface area contributed by atoms with Gasteiger partial charge in [0.25, 0.3) is 0 Å². The third kappa shape index (κ3) is 33.9. The number of nitrogens with zero attached hydrogens (tertiary/aromatic N) is 1. The van der Waals surface area contributed by atoms with Crippen molar-refractivity contribution in [3.8, 4) is 0 Å². The number of rotatable bonds is 32. The van der Waals surface area contributed by atoms with Gasteiger partial charge in [-0.2, -0.15) is 0 Å². The minimum absolute atomic E-state index is 0.0166. The lowest BCUT2D eigenvalue weighted by Crippen LogP contribution is -2.37. The zero-order chi connectivity index (χ0) is 35.8. The van der Waals surface area contributed by atoms with Gasteiger partial charge in [-0.15, -0.1) is 0 Å². The molecule has 0 aliphatic heterocycles. The lowest BCUT2D eigenvalue weighted by atomic mass is 10.1. The number of phosphoric ester groups is 1. The third-order valence-corrected chi connectivity index (χ3v) is 8.36. The average Bonchev–Trinajstić information content (AvgIpc) is 3.02. The van der Waals surface area contributed by atoms with E-state index in [4.69, 9.17) is 18.5 Å². The van der Waals surface area contributed by atoms with Crippen molar-refractivity contribution in [2.45, 2.75) is 136 Å². The first-order chi connectivity index (χ1) is 23.0. The number of likely N-dealkylation sites (N-methyl/N-ethyl adjacent to an activating group) is 1. The number of hydrogen-bond donors (Lipinski definition) is 1. The van der Waals surface area contributed by atoms with Gasteiger partial charge in [0.1, 0.15) is 19.8 Å². The molecule has 0 spiro atoms. The van der Waals surface area contributed by atoms with Crippen molar-refractivity contribution in [1.82, 2.24) is 0 Å². The van der Waals surface area contributed by atoms with Gasteiger partial charge in [-0.25, -0.2) is 4.57 Å². The molecule has 0 rings (SSSR count). The number of phosphoric acid groups is 1. The number of unbranched alkanes of at least 4 members (excludes halogenated alkanes) is 11. The molecule has 48 heavy (non-hydrogen) atoms. The van der Waals surface area contributed by atoms with Crippen LogP contribution in [0, 0.1) is 0 Å². The van der Waals surface area contributed by atoms with E-state index in [0.29, 0.717) is 23.9 Å². The van der Waals surface area contributed by atoms with E-state index < -0.39 is 32.5 Å². The van der Waals surface area contributed by atoms with Crippen LogP contribution in [0.5, 0.6) is 0 Å². The van der Waals surface area contributed by atoms with E-state index in [0.717, 1.165) is 38.5 Å². The molecule has 0 aromatic carbocycles. The molecule has 0 aromatic heterocycles. The van der Waals surface area contributed by atoms with Crippen LogP contribution in [0.2, 0.25) is 0 Å². The molecule has 10 heteroatoms. The fourth-order valence-electron chi connectivity index (χ4n) is 4.39. The summed E-state index contributed by atoms with van der Waals surface area (Å²) in [5, 5.41) is 0. The van der Waals surface area contributed by atoms with Crippen LogP contribution < -0.4 is 0 Å². The molecule has 0 aromatic rings. The first-order valence-corrected chi connectivity index (χ1v) is 19.9. The standard InChI is InChI=1S/C38H68NO8P/c1-6-8-10-12-14-16-18-19-21-23-25-27-29-31-38(41)47-36(35-46-48(42,43)45-33-32-39(3,4)5)34-44-37(40)30-28-26-24-22-20-17-15-13-11-9-7-2/h13,15,17,19-21,25,27,36H,6-12,14,16,18,22-24,26,28-35H2,1-5H3/p+1/b15-13+,20-17+,21-19+,27-25+. The van der Waals surface area contributed by atoms with Gasteiger partial charge in [0.2, 0.25) is 0 Å². The smallest absolute Gasteiger partial charge is 0.462 e. The maximum Gasteiger partial charge on any atom is 0.472 e. The Labute approximate surface area is 293 Å². The Kier molecular flexibility index (Phi) is 29.7. The predicted octanol–water partition coefficient (Wildman–Crippen LogP) is 9.57. The van der Waals surface area contributed by atoms with Crippen LogP contribution in [0.25, 0.3) is 0 Å². The zero-order valence-corrected chi connectivity index (χ0v) is 31.8. The van der Waals surface area contributed by atoms with Crippen LogP contribution in [0.1, 0.15) is 129 Å². The molecule has 0 radical (unpaired) electrons. The zero-order valence-electron chi connectivity index (χ0n) is 31.0. The van der Waals surface area contributed by atoms with Crippen molar-refractivity contribution >= 4 is 19.8 Å². The van der Waals surface area contributed by atoms with Crippen molar-refractivity contribution in [1.29, 1.82) is 0 Å². The molecule has 0 saturated heterocycles. The number of allylic oxidation sites excluding steroid dienone is 8. The largest absolute Gasteiger partial charge is 0.472 e. The highest BCUT2D eigenvalue weighted by atomic mass is 31.2. The second-order valence-electron chi connectivity index (χ2n) is 13.3. The maximum atomic E-state index is 12.6. The van der Waals surface area contributed by atoms with Crippen LogP contribution in [-0.2, 0) is 32.7 Å². The van der Waals surface area contributed by atoms with E-state index in [1.54, 1.807) is 0 Å². The molecular weight excluding hydrogens is 629 g/mol. The number of ether oxygens (including phenoxy) is 2. The quantitative estimate of drug-likeness (QED) is 0.0185. The first-order valence-electron chi connectivity index (χ1n) is 18.4. The van der Waals surface area contributed by atoms with E-state index in [9.17, 15) is 19.0 Å². The molecule has 0 saturated carbocycles. The topological polar surface area (TPSA) is 108 Å². The molecule has 0 heterocycles. The summed E-state index contributed by atoms with van der Waals surface area (Å²) in [6, 6.07) is 0. The Bertz CT molecular complexity index is 970. The second kappa shape index (κ2) is 31.0. The number of carbonyl (C=O) groups excluding carboxylic acids is 2. The van der Waals surface area contributed by atoms with Gasteiger partial charge in [0, 0.05) is 12.8 Å². The highest BCUT2D eigenvalue weighted by Crippen LogP contribution is 2.43. The number of hydrogen-bond acceptors (Lipinski definition) is 7. The summed E-state index contributed by atoms with van der Waals surface area (Å²) in [6.07, 6.45) is 33.3. The average molecular weight is 699 g/mol. The minimum Gasteiger partial charge on any atom is -0.462 e. The van der Waals surface area contributed by atoms with Crippen LogP contribution >= 0.6 is 7.82 Å². The summed E-state index contributed by atoms with van der Waals surface area (Å²) in [7, 11) is 1.42. The molecule has 1 N–H and O–H groups in total. The SMILES string of the molecule is CCCC/C=C/C=C/CCCCCC(=O)OCC(COP(=O)(O)OCC[N+](C)(C)C)OC(=O)CC/C=C/C/C=C/CCCCCCCC. The third-order valence-electron chi connectivity index (χ3n) is 7.37. The Balaban J connectivity index is 4.61. The summed E-state index contributed by atoms with van der Waals surface area (Å²) in [5.74, 6) is -0.917. The molecule has 2 unspecified atom stereocenters. The van der Waals surface area contributed by atoms with Gasteiger partial charge in [0.15, 0.2) is 6.10 Å². The van der Waals surface area contributed by atoms with Crippen LogP contribution in [-0.4, -0.2) is 74.9 Å². The Morgan fingerprint density at radius 3 is 1.92 bits per heavy atom. The molecule has 2 atom stereocenters. The van der Waals surface area contributed by atoms with E-state index in [-0.39, 0.29) is 26.1 Å². The lowest BCUT2D eigenvalue weighted by molar-refractivity contribution is -0.870. The Morgan fingerprint density at radius 2 is 1.25 bits per heavy atom. The number of esters is 2. The summed E-state index contributed by atoms with van der Waals surface area (Å²) >= 11 is 0. The number of carbonyl (C=O) groups is 2. The van der Waals surface area contributed by atoms with Gasteiger partial charge >= 0.3 is 19.8 Å². The molecular formula is C38H69NO8P+. The molecule has 9 nitrogen and oxygen atoms in total. The van der Waals surface area contributed by atoms with Gasteiger partial charge in [-0.05, 0) is 51.4 Å². The summed E-state index contributed by atoms with van der Waals surface area (Å²) in [5.41, 5.74) is 0. The van der Waals surface area contributed by atoms with Crippen molar-refractivity contribution in [3.05, 3.63) is 48.6 Å². The highest BCUT2D eigenvalue weighted by Gasteiger charge is 2.27. The molecule has 278 valence electrons. The normalized spacial score (nSPS) is 14.4. The first kappa shape index (κ1) is 46.0. The summed E-state index contributed by atoms with van der Waals surface area (Å²) in [4.78, 5) is 35.0. The van der Waals surface area contributed by atoms with Crippen LogP contribution in [0.4, 0.5) is 0 Å². The Morgan fingerprint density at radius 1 is 0.667 bits per heavy atom. The predicted molar refractivity (Wildman–Crippen MR) is 196 cm³/mol. The van der Waals surface area contributed by atoms with E-state index in [2.05, 4.69) is 50.3 Å². The molecule has 0 fully saturated rings. The maximum absolute atomic E-state index is 12.6. The fraction of sp³-hybridized carbons (Fsp3) is 0.737. The van der Waals surface area contributed by atoms with Gasteiger partial charge in [0.05, 0.1) is 27.7 Å². The summed E-state index contributed by atoms with van der Waals surface area (Å²) < 4.78 is 34.0. The van der Waals surface area contributed by atoms with Gasteiger partial charge in [-0.1, -0.05) is 114 Å². The highest BCUT2D eigenvalue weighted by molar-refractivity contribution is 7.47. The minimum atomic E-state index is -4.38. The monoisotopic (exact) mass is 698 g/mol. The molecule has 0 bridgehead atoms. The molecule has 0 aliphatic carbocycles. The fourth-order valence-corrected chi connectivity index (χ4v) is 5.14. The van der Waals surface area contributed by atoms with E-state index in [1.165, 1.54) is 51.4 Å². The summed E-state index contributed by atoms with van der Waals surface area (Å²) in [6.45, 7) is 4.22. The number of quaternary nitrogens is 1. The Hall–Kier alpha value is -2.03. The lowest BCUT2D eigenvalue weighted by Gasteiger charge is -2.24. The molecule has 0 amide bonds. The van der Waals surface area contributed by atoms with Crippen LogP contribution in [0.3, 0.4) is 0 Å². The van der Waals surface area contributed by atoms with Crippen LogP contribution in [0.15, 0.2) is 48.6 Å². The second-order valence-corrected chi connectivity index (χ2v) is 14.7. The van der Waals surface area contributed by atoms with E-state index in [1.807, 2.05) is 33.3 Å². The molecule has 0 aliphatic rings. The van der Waals surface area contributed by atoms with Gasteiger partial charge < -0.3 is 18.9 Å². The van der Waals surface area contributed by atoms with Crippen molar-refractivity contribution < 1.29 is 42.1 Å².